The van der Waals surface area contributed by atoms with Gasteiger partial charge in [0, 0.05) is 26.2 Å². The second-order valence-electron chi connectivity index (χ2n) is 4.62. The van der Waals surface area contributed by atoms with E-state index in [4.69, 9.17) is 15.7 Å². The van der Waals surface area contributed by atoms with Crippen molar-refractivity contribution in [1.29, 1.82) is 5.26 Å². The van der Waals surface area contributed by atoms with E-state index in [9.17, 15) is 0 Å². The summed E-state index contributed by atoms with van der Waals surface area (Å²) >= 11 is 1.43. The lowest BCUT2D eigenvalue weighted by molar-refractivity contribution is 0.258. The van der Waals surface area contributed by atoms with E-state index in [0.29, 0.717) is 16.3 Å². The SMILES string of the molecule is CCCN1CCN(c2sc(C#N)c(N)c2OC)CC1. The molecule has 1 aromatic rings. The molecule has 0 unspecified atom stereocenters. The zero-order valence-corrected chi connectivity index (χ0v) is 12.3. The second-order valence-corrected chi connectivity index (χ2v) is 5.62. The largest absolute Gasteiger partial charge is 0.492 e. The highest BCUT2D eigenvalue weighted by Gasteiger charge is 2.24. The van der Waals surface area contributed by atoms with E-state index in [1.165, 1.54) is 17.8 Å². The molecule has 0 radical (unpaired) electrons. The molecule has 1 aliphatic rings. The van der Waals surface area contributed by atoms with Gasteiger partial charge in [-0.15, -0.1) is 11.3 Å². The van der Waals surface area contributed by atoms with Crippen LogP contribution in [0.1, 0.15) is 18.2 Å². The fourth-order valence-electron chi connectivity index (χ4n) is 2.40. The third-order valence-corrected chi connectivity index (χ3v) is 4.54. The van der Waals surface area contributed by atoms with Gasteiger partial charge in [0.05, 0.1) is 7.11 Å². The Hall–Kier alpha value is -1.45. The number of nitrogens with two attached hydrogens (primary N) is 1. The van der Waals surface area contributed by atoms with Gasteiger partial charge in [-0.05, 0) is 13.0 Å². The van der Waals surface area contributed by atoms with Gasteiger partial charge >= 0.3 is 0 Å². The maximum atomic E-state index is 9.06. The number of thiophene rings is 1. The summed E-state index contributed by atoms with van der Waals surface area (Å²) in [4.78, 5) is 5.28. The molecule has 0 aromatic carbocycles. The van der Waals surface area contributed by atoms with Gasteiger partial charge in [-0.3, -0.25) is 4.90 Å². The van der Waals surface area contributed by atoms with Crippen LogP contribution in [0.5, 0.6) is 5.75 Å². The van der Waals surface area contributed by atoms with Crippen molar-refractivity contribution >= 4 is 22.0 Å². The Morgan fingerprint density at radius 1 is 1.37 bits per heavy atom. The van der Waals surface area contributed by atoms with Gasteiger partial charge in [-0.2, -0.15) is 5.26 Å². The first-order valence-corrected chi connectivity index (χ1v) is 7.36. The average Bonchev–Trinajstić information content (AvgIpc) is 2.76. The standard InChI is InChI=1S/C13H20N4OS/c1-3-4-16-5-7-17(8-6-16)13-12(18-2)11(15)10(9-14)19-13/h3-8,15H2,1-2H3. The molecule has 2 heterocycles. The van der Waals surface area contributed by atoms with Crippen LogP contribution in [0.2, 0.25) is 0 Å². The molecule has 19 heavy (non-hydrogen) atoms. The molecule has 6 heteroatoms. The number of ether oxygens (including phenoxy) is 1. The minimum absolute atomic E-state index is 0.473. The third kappa shape index (κ3) is 2.77. The van der Waals surface area contributed by atoms with Crippen molar-refractivity contribution in [1.82, 2.24) is 4.90 Å². The highest BCUT2D eigenvalue weighted by atomic mass is 32.1. The molecule has 1 fully saturated rings. The van der Waals surface area contributed by atoms with Crippen LogP contribution in [0.15, 0.2) is 0 Å². The molecule has 0 atom stereocenters. The molecule has 0 spiro atoms. The van der Waals surface area contributed by atoms with E-state index >= 15 is 0 Å². The summed E-state index contributed by atoms with van der Waals surface area (Å²) < 4.78 is 5.37. The van der Waals surface area contributed by atoms with Crippen LogP contribution in [0.3, 0.4) is 0 Å². The lowest BCUT2D eigenvalue weighted by atomic mass is 10.3. The first-order chi connectivity index (χ1) is 9.21. The molecule has 2 rings (SSSR count). The zero-order valence-electron chi connectivity index (χ0n) is 11.5. The predicted molar refractivity (Wildman–Crippen MR) is 78.9 cm³/mol. The molecule has 1 saturated heterocycles. The number of piperazine rings is 1. The summed E-state index contributed by atoms with van der Waals surface area (Å²) in [5.74, 6) is 0.658. The fourth-order valence-corrected chi connectivity index (χ4v) is 3.43. The Balaban J connectivity index is 2.13. The van der Waals surface area contributed by atoms with Gasteiger partial charge in [0.1, 0.15) is 21.6 Å². The number of methoxy groups -OCH3 is 1. The molecule has 1 aliphatic heterocycles. The van der Waals surface area contributed by atoms with E-state index in [-0.39, 0.29) is 0 Å². The van der Waals surface area contributed by atoms with Crippen LogP contribution in [0.25, 0.3) is 0 Å². The maximum absolute atomic E-state index is 9.06. The van der Waals surface area contributed by atoms with Crippen molar-refractivity contribution in [2.75, 3.05) is 50.5 Å². The maximum Gasteiger partial charge on any atom is 0.177 e. The van der Waals surface area contributed by atoms with Crippen LogP contribution in [-0.4, -0.2) is 44.7 Å². The highest BCUT2D eigenvalue weighted by Crippen LogP contribution is 2.44. The molecule has 1 aromatic heterocycles. The van der Waals surface area contributed by atoms with E-state index in [2.05, 4.69) is 22.8 Å². The van der Waals surface area contributed by atoms with Crippen molar-refractivity contribution in [3.63, 3.8) is 0 Å². The molecule has 2 N–H and O–H groups in total. The first kappa shape index (κ1) is 14.0. The van der Waals surface area contributed by atoms with Gasteiger partial charge in [-0.1, -0.05) is 6.92 Å². The highest BCUT2D eigenvalue weighted by molar-refractivity contribution is 7.17. The van der Waals surface area contributed by atoms with Gasteiger partial charge < -0.3 is 15.4 Å². The topological polar surface area (TPSA) is 65.5 Å². The van der Waals surface area contributed by atoms with Crippen molar-refractivity contribution in [2.24, 2.45) is 0 Å². The Labute approximate surface area is 118 Å². The van der Waals surface area contributed by atoms with Gasteiger partial charge in [0.2, 0.25) is 0 Å². The summed E-state index contributed by atoms with van der Waals surface area (Å²) in [6, 6.07) is 2.13. The number of nitrogens with zero attached hydrogens (tertiary/aromatic N) is 3. The summed E-state index contributed by atoms with van der Waals surface area (Å²) in [6.07, 6.45) is 1.19. The van der Waals surface area contributed by atoms with Crippen LogP contribution in [-0.2, 0) is 0 Å². The first-order valence-electron chi connectivity index (χ1n) is 6.54. The number of anilines is 2. The number of nitrogen functional groups attached to an aromatic ring is 1. The molecule has 0 saturated carbocycles. The third-order valence-electron chi connectivity index (χ3n) is 3.39. The van der Waals surface area contributed by atoms with E-state index < -0.39 is 0 Å². The summed E-state index contributed by atoms with van der Waals surface area (Å²) in [7, 11) is 1.61. The zero-order chi connectivity index (χ0) is 13.8. The Morgan fingerprint density at radius 3 is 2.58 bits per heavy atom. The fraction of sp³-hybridized carbons (Fsp3) is 0.615. The summed E-state index contributed by atoms with van der Waals surface area (Å²) in [6.45, 7) is 7.38. The lowest BCUT2D eigenvalue weighted by Crippen LogP contribution is -2.46. The van der Waals surface area contributed by atoms with Crippen molar-refractivity contribution < 1.29 is 4.74 Å². The van der Waals surface area contributed by atoms with Crippen molar-refractivity contribution in [2.45, 2.75) is 13.3 Å². The number of hydrogen-bond acceptors (Lipinski definition) is 6. The molecule has 104 valence electrons. The average molecular weight is 280 g/mol. The van der Waals surface area contributed by atoms with Crippen LogP contribution in [0.4, 0.5) is 10.7 Å². The molecule has 0 aliphatic carbocycles. The monoisotopic (exact) mass is 280 g/mol. The van der Waals surface area contributed by atoms with Crippen LogP contribution >= 0.6 is 11.3 Å². The quantitative estimate of drug-likeness (QED) is 0.910. The van der Waals surface area contributed by atoms with Crippen molar-refractivity contribution in [3.05, 3.63) is 4.88 Å². The molecule has 5 nitrogen and oxygen atoms in total. The van der Waals surface area contributed by atoms with Crippen LogP contribution in [0, 0.1) is 11.3 Å². The minimum Gasteiger partial charge on any atom is -0.492 e. The normalized spacial score (nSPS) is 16.4. The number of rotatable bonds is 4. The number of hydrogen-bond donors (Lipinski definition) is 1. The summed E-state index contributed by atoms with van der Waals surface area (Å²) in [5, 5.41) is 10.1. The smallest absolute Gasteiger partial charge is 0.177 e. The van der Waals surface area contributed by atoms with Crippen LogP contribution < -0.4 is 15.4 Å². The molecule has 0 bridgehead atoms. The Kier molecular flexibility index (Phi) is 4.51. The van der Waals surface area contributed by atoms with Gasteiger partial charge in [-0.25, -0.2) is 0 Å². The Morgan fingerprint density at radius 2 is 2.05 bits per heavy atom. The Bertz CT molecular complexity index is 472. The lowest BCUT2D eigenvalue weighted by Gasteiger charge is -2.35. The number of nitriles is 1. The van der Waals surface area contributed by atoms with Crippen molar-refractivity contribution in [3.8, 4) is 11.8 Å². The minimum atomic E-state index is 0.473. The molecular formula is C13H20N4OS. The predicted octanol–water partition coefficient (Wildman–Crippen LogP) is 1.74. The summed E-state index contributed by atoms with van der Waals surface area (Å²) in [5.41, 5.74) is 6.41. The van der Waals surface area contributed by atoms with E-state index in [1.807, 2.05) is 0 Å². The molecular weight excluding hydrogens is 260 g/mol. The van der Waals surface area contributed by atoms with E-state index in [0.717, 1.165) is 37.7 Å². The second kappa shape index (κ2) is 6.13. The van der Waals surface area contributed by atoms with Gasteiger partial charge in [0.15, 0.2) is 5.75 Å². The van der Waals surface area contributed by atoms with E-state index in [1.54, 1.807) is 7.11 Å². The molecule has 0 amide bonds. The van der Waals surface area contributed by atoms with Gasteiger partial charge in [0.25, 0.3) is 0 Å².